The third kappa shape index (κ3) is 4.27. The molecule has 2 aromatic rings. The van der Waals surface area contributed by atoms with Gasteiger partial charge in [0.05, 0.1) is 0 Å². The topological polar surface area (TPSA) is 61.9 Å². The third-order valence-electron chi connectivity index (χ3n) is 5.19. The number of anilines is 3. The molecule has 0 atom stereocenters. The quantitative estimate of drug-likeness (QED) is 0.835. The van der Waals surface area contributed by atoms with E-state index in [1.807, 2.05) is 36.4 Å². The lowest BCUT2D eigenvalue weighted by molar-refractivity contribution is -0.118. The maximum Gasteiger partial charge on any atom is 0.262 e. The van der Waals surface area contributed by atoms with Crippen LogP contribution in [0.4, 0.5) is 17.1 Å². The highest BCUT2D eigenvalue weighted by molar-refractivity contribution is 5.95. The molecule has 2 heterocycles. The molecular weight excluding hydrogens is 354 g/mol. The van der Waals surface area contributed by atoms with Gasteiger partial charge in [0.2, 0.25) is 5.91 Å². The summed E-state index contributed by atoms with van der Waals surface area (Å²) in [6.07, 6.45) is 3.94. The van der Waals surface area contributed by atoms with Crippen molar-refractivity contribution in [3.8, 4) is 5.75 Å². The Labute approximate surface area is 165 Å². The average Bonchev–Trinajstić information content (AvgIpc) is 3.39. The Morgan fingerprint density at radius 1 is 0.964 bits per heavy atom. The molecule has 0 aromatic heterocycles. The molecule has 2 amide bonds. The molecule has 0 saturated carbocycles. The summed E-state index contributed by atoms with van der Waals surface area (Å²) in [5, 5.41) is 2.86. The van der Waals surface area contributed by atoms with Crippen LogP contribution in [0, 0.1) is 0 Å². The summed E-state index contributed by atoms with van der Waals surface area (Å²) < 4.78 is 5.62. The Kier molecular flexibility index (Phi) is 5.46. The van der Waals surface area contributed by atoms with E-state index in [4.69, 9.17) is 4.74 Å². The standard InChI is InChI=1S/C22H25N3O3/c26-21(23-17-8-10-18(11-9-17)24-12-1-2-13-24)16-28-20-6-3-5-19(15-20)25-14-4-7-22(25)27/h3,5-6,8-11,15H,1-2,4,7,12-14,16H2,(H,23,26). The molecule has 0 bridgehead atoms. The highest BCUT2D eigenvalue weighted by Crippen LogP contribution is 2.25. The van der Waals surface area contributed by atoms with Gasteiger partial charge in [0.15, 0.2) is 6.61 Å². The number of ether oxygens (including phenoxy) is 1. The van der Waals surface area contributed by atoms with Gasteiger partial charge in [-0.2, -0.15) is 0 Å². The van der Waals surface area contributed by atoms with E-state index in [1.54, 1.807) is 17.0 Å². The summed E-state index contributed by atoms with van der Waals surface area (Å²) >= 11 is 0. The molecule has 1 N–H and O–H groups in total. The number of rotatable bonds is 6. The van der Waals surface area contributed by atoms with Gasteiger partial charge < -0.3 is 19.9 Å². The summed E-state index contributed by atoms with van der Waals surface area (Å²) in [6.45, 7) is 2.85. The highest BCUT2D eigenvalue weighted by Gasteiger charge is 2.21. The van der Waals surface area contributed by atoms with Crippen LogP contribution >= 0.6 is 0 Å². The van der Waals surface area contributed by atoms with Crippen LogP contribution in [0.25, 0.3) is 0 Å². The van der Waals surface area contributed by atoms with Gasteiger partial charge in [0.25, 0.3) is 5.91 Å². The van der Waals surface area contributed by atoms with Gasteiger partial charge in [0.1, 0.15) is 5.75 Å². The zero-order valence-corrected chi connectivity index (χ0v) is 15.9. The molecule has 2 aliphatic heterocycles. The minimum absolute atomic E-state index is 0.0781. The van der Waals surface area contributed by atoms with Crippen molar-refractivity contribution in [2.45, 2.75) is 25.7 Å². The fourth-order valence-corrected chi connectivity index (χ4v) is 3.74. The van der Waals surface area contributed by atoms with E-state index in [0.717, 1.165) is 37.4 Å². The van der Waals surface area contributed by atoms with Crippen molar-refractivity contribution < 1.29 is 14.3 Å². The van der Waals surface area contributed by atoms with Crippen molar-refractivity contribution in [2.75, 3.05) is 41.4 Å². The molecule has 0 aliphatic carbocycles. The SMILES string of the molecule is O=C(COc1cccc(N2CCCC2=O)c1)Nc1ccc(N2CCCC2)cc1. The van der Waals surface area contributed by atoms with Gasteiger partial charge in [-0.05, 0) is 55.7 Å². The number of hydrogen-bond donors (Lipinski definition) is 1. The van der Waals surface area contributed by atoms with E-state index >= 15 is 0 Å². The first-order valence-electron chi connectivity index (χ1n) is 9.87. The summed E-state index contributed by atoms with van der Waals surface area (Å²) in [7, 11) is 0. The van der Waals surface area contributed by atoms with E-state index in [0.29, 0.717) is 12.2 Å². The molecule has 0 spiro atoms. The minimum Gasteiger partial charge on any atom is -0.484 e. The largest absolute Gasteiger partial charge is 0.484 e. The summed E-state index contributed by atoms with van der Waals surface area (Å²) in [6, 6.07) is 15.2. The van der Waals surface area contributed by atoms with E-state index < -0.39 is 0 Å². The summed E-state index contributed by atoms with van der Waals surface area (Å²) in [5.74, 6) is 0.501. The van der Waals surface area contributed by atoms with Gasteiger partial charge >= 0.3 is 0 Å². The molecule has 6 heteroatoms. The summed E-state index contributed by atoms with van der Waals surface area (Å²) in [5.41, 5.74) is 2.77. The Balaban J connectivity index is 1.30. The second-order valence-corrected chi connectivity index (χ2v) is 7.22. The van der Waals surface area contributed by atoms with Gasteiger partial charge in [0, 0.05) is 49.2 Å². The van der Waals surface area contributed by atoms with E-state index in [1.165, 1.54) is 18.5 Å². The maximum absolute atomic E-state index is 12.2. The second-order valence-electron chi connectivity index (χ2n) is 7.22. The van der Waals surface area contributed by atoms with Crippen LogP contribution in [0.1, 0.15) is 25.7 Å². The zero-order valence-electron chi connectivity index (χ0n) is 15.9. The lowest BCUT2D eigenvalue weighted by atomic mass is 10.2. The second kappa shape index (κ2) is 8.33. The number of nitrogens with zero attached hydrogens (tertiary/aromatic N) is 2. The van der Waals surface area contributed by atoms with Crippen molar-refractivity contribution in [2.24, 2.45) is 0 Å². The molecule has 28 heavy (non-hydrogen) atoms. The Morgan fingerprint density at radius 3 is 2.46 bits per heavy atom. The van der Waals surface area contributed by atoms with Crippen molar-refractivity contribution >= 4 is 28.9 Å². The third-order valence-corrected chi connectivity index (χ3v) is 5.19. The van der Waals surface area contributed by atoms with Gasteiger partial charge in [-0.25, -0.2) is 0 Å². The molecule has 4 rings (SSSR count). The Hall–Kier alpha value is -3.02. The highest BCUT2D eigenvalue weighted by atomic mass is 16.5. The normalized spacial score (nSPS) is 16.5. The number of nitrogens with one attached hydrogen (secondary N) is 1. The molecule has 146 valence electrons. The van der Waals surface area contributed by atoms with Crippen molar-refractivity contribution in [1.29, 1.82) is 0 Å². The van der Waals surface area contributed by atoms with Crippen LogP contribution < -0.4 is 19.9 Å². The van der Waals surface area contributed by atoms with Gasteiger partial charge in [-0.3, -0.25) is 9.59 Å². The predicted molar refractivity (Wildman–Crippen MR) is 110 cm³/mol. The maximum atomic E-state index is 12.2. The first kappa shape index (κ1) is 18.3. The predicted octanol–water partition coefficient (Wildman–Crippen LogP) is 3.43. The first-order valence-corrected chi connectivity index (χ1v) is 9.87. The van der Waals surface area contributed by atoms with Crippen LogP contribution in [-0.2, 0) is 9.59 Å². The Bertz CT molecular complexity index is 844. The molecular formula is C22H25N3O3. The van der Waals surface area contributed by atoms with Gasteiger partial charge in [-0.15, -0.1) is 0 Å². The minimum atomic E-state index is -0.212. The zero-order chi connectivity index (χ0) is 19.3. The van der Waals surface area contributed by atoms with E-state index in [9.17, 15) is 9.59 Å². The van der Waals surface area contributed by atoms with Crippen LogP contribution in [0.15, 0.2) is 48.5 Å². The molecule has 2 aliphatic rings. The fraction of sp³-hybridized carbons (Fsp3) is 0.364. The van der Waals surface area contributed by atoms with E-state index in [2.05, 4.69) is 10.2 Å². The summed E-state index contributed by atoms with van der Waals surface area (Å²) in [4.78, 5) is 28.2. The molecule has 0 radical (unpaired) electrons. The fourth-order valence-electron chi connectivity index (χ4n) is 3.74. The smallest absolute Gasteiger partial charge is 0.262 e. The lowest BCUT2D eigenvalue weighted by Gasteiger charge is -2.18. The molecule has 0 unspecified atom stereocenters. The molecule has 2 aromatic carbocycles. The van der Waals surface area contributed by atoms with Crippen molar-refractivity contribution in [3.63, 3.8) is 0 Å². The molecule has 2 saturated heterocycles. The number of hydrogen-bond acceptors (Lipinski definition) is 4. The molecule has 2 fully saturated rings. The number of amides is 2. The number of carbonyl (C=O) groups is 2. The number of benzene rings is 2. The van der Waals surface area contributed by atoms with E-state index in [-0.39, 0.29) is 18.4 Å². The monoisotopic (exact) mass is 379 g/mol. The van der Waals surface area contributed by atoms with Crippen molar-refractivity contribution in [1.82, 2.24) is 0 Å². The van der Waals surface area contributed by atoms with Crippen LogP contribution in [0.5, 0.6) is 5.75 Å². The first-order chi connectivity index (χ1) is 13.7. The van der Waals surface area contributed by atoms with Crippen LogP contribution in [0.2, 0.25) is 0 Å². The number of carbonyl (C=O) groups excluding carboxylic acids is 2. The van der Waals surface area contributed by atoms with Gasteiger partial charge in [-0.1, -0.05) is 6.07 Å². The lowest BCUT2D eigenvalue weighted by Crippen LogP contribution is -2.24. The average molecular weight is 379 g/mol. The molecule has 6 nitrogen and oxygen atoms in total. The van der Waals surface area contributed by atoms with Crippen LogP contribution in [0.3, 0.4) is 0 Å². The van der Waals surface area contributed by atoms with Crippen molar-refractivity contribution in [3.05, 3.63) is 48.5 Å². The Morgan fingerprint density at radius 2 is 1.75 bits per heavy atom. The van der Waals surface area contributed by atoms with Crippen LogP contribution in [-0.4, -0.2) is 38.1 Å².